The van der Waals surface area contributed by atoms with E-state index in [-0.39, 0.29) is 30.4 Å². The van der Waals surface area contributed by atoms with Gasteiger partial charge < -0.3 is 14.7 Å². The summed E-state index contributed by atoms with van der Waals surface area (Å²) < 4.78 is 44.8. The molecule has 2 fully saturated rings. The summed E-state index contributed by atoms with van der Waals surface area (Å²) in [5, 5.41) is 1.58. The van der Waals surface area contributed by atoms with Crippen molar-refractivity contribution in [3.05, 3.63) is 75.7 Å². The van der Waals surface area contributed by atoms with Gasteiger partial charge in [-0.25, -0.2) is 0 Å². The van der Waals surface area contributed by atoms with Gasteiger partial charge in [-0.1, -0.05) is 11.6 Å². The molecular formula is C30H30ClF3N6O2. The Balaban J connectivity index is 1.30. The molecule has 0 spiro atoms. The van der Waals surface area contributed by atoms with Gasteiger partial charge in [0.1, 0.15) is 0 Å². The van der Waals surface area contributed by atoms with E-state index in [0.717, 1.165) is 32.2 Å². The van der Waals surface area contributed by atoms with E-state index in [0.29, 0.717) is 46.5 Å². The lowest BCUT2D eigenvalue weighted by Gasteiger charge is -2.39. The van der Waals surface area contributed by atoms with Crippen molar-refractivity contribution in [1.82, 2.24) is 24.3 Å². The number of fused-ring (bicyclic) bond motifs is 3. The molecule has 1 amide bonds. The molecule has 0 N–H and O–H groups in total. The van der Waals surface area contributed by atoms with E-state index in [1.54, 1.807) is 40.3 Å². The van der Waals surface area contributed by atoms with Gasteiger partial charge in [-0.2, -0.15) is 13.2 Å². The number of piperazine rings is 2. The summed E-state index contributed by atoms with van der Waals surface area (Å²) in [6.45, 7) is 5.02. The molecule has 2 saturated heterocycles. The molecule has 2 aliphatic heterocycles. The minimum absolute atomic E-state index is 0.00254. The number of pyridine rings is 2. The maximum Gasteiger partial charge on any atom is 0.418 e. The maximum absolute atomic E-state index is 14.5. The maximum atomic E-state index is 14.5. The average molecular weight is 599 g/mol. The third-order valence-corrected chi connectivity index (χ3v) is 8.39. The van der Waals surface area contributed by atoms with E-state index in [1.807, 2.05) is 0 Å². The molecule has 2 aromatic heterocycles. The monoisotopic (exact) mass is 598 g/mol. The predicted octanol–water partition coefficient (Wildman–Crippen LogP) is 4.11. The van der Waals surface area contributed by atoms with Gasteiger partial charge in [0.05, 0.1) is 28.8 Å². The molecule has 0 bridgehead atoms. The summed E-state index contributed by atoms with van der Waals surface area (Å²) in [4.78, 5) is 38.2. The van der Waals surface area contributed by atoms with Gasteiger partial charge >= 0.3 is 6.18 Å². The van der Waals surface area contributed by atoms with Crippen molar-refractivity contribution in [3.63, 3.8) is 0 Å². The molecule has 4 heterocycles. The summed E-state index contributed by atoms with van der Waals surface area (Å²) in [7, 11) is 2.05. The Morgan fingerprint density at radius 3 is 2.38 bits per heavy atom. The molecule has 8 nitrogen and oxygen atoms in total. The summed E-state index contributed by atoms with van der Waals surface area (Å²) in [6, 6.07) is 11.9. The Labute approximate surface area is 245 Å². The van der Waals surface area contributed by atoms with E-state index in [9.17, 15) is 22.8 Å². The molecule has 42 heavy (non-hydrogen) atoms. The number of nitrogens with zero attached hydrogens (tertiary/aromatic N) is 6. The number of rotatable bonds is 4. The van der Waals surface area contributed by atoms with Crippen LogP contribution in [-0.4, -0.2) is 96.1 Å². The minimum Gasteiger partial charge on any atom is -0.367 e. The number of likely N-dealkylation sites (N-methyl/N-ethyl adjacent to an activating group) is 1. The Bertz CT molecular complexity index is 1710. The molecule has 0 aliphatic carbocycles. The number of carbonyl (C=O) groups excluding carboxylic acids is 1. The molecule has 0 unspecified atom stereocenters. The highest BCUT2D eigenvalue weighted by Crippen LogP contribution is 2.39. The second kappa shape index (κ2) is 11.2. The van der Waals surface area contributed by atoms with Crippen molar-refractivity contribution in [2.75, 3.05) is 70.9 Å². The first-order valence-electron chi connectivity index (χ1n) is 13.8. The number of aromatic nitrogens is 2. The van der Waals surface area contributed by atoms with Gasteiger partial charge in [-0.05, 0) is 49.5 Å². The molecule has 2 aliphatic rings. The molecule has 0 saturated carbocycles. The molecule has 4 aromatic rings. The lowest BCUT2D eigenvalue weighted by atomic mass is 10.1. The van der Waals surface area contributed by atoms with Gasteiger partial charge in [0.25, 0.3) is 5.56 Å². The van der Waals surface area contributed by atoms with Crippen LogP contribution in [0.1, 0.15) is 5.56 Å². The molecule has 6 rings (SSSR count). The smallest absolute Gasteiger partial charge is 0.367 e. The molecule has 2 aromatic carbocycles. The Morgan fingerprint density at radius 1 is 0.929 bits per heavy atom. The summed E-state index contributed by atoms with van der Waals surface area (Å²) >= 11 is 6.23. The summed E-state index contributed by atoms with van der Waals surface area (Å²) in [6.07, 6.45) is -3.08. The van der Waals surface area contributed by atoms with Crippen LogP contribution in [0.15, 0.2) is 59.5 Å². The SMILES string of the molecule is CN1CCN(CC(=O)N2CCN(c3ccc(-n4c(=O)ccc5cnc6ccc(Cl)cc6c54)cc3C(F)(F)F)CC2)CC1. The largest absolute Gasteiger partial charge is 0.418 e. The van der Waals surface area contributed by atoms with Crippen molar-refractivity contribution in [3.8, 4) is 5.69 Å². The number of halogens is 4. The number of hydrogen-bond acceptors (Lipinski definition) is 6. The predicted molar refractivity (Wildman–Crippen MR) is 158 cm³/mol. The van der Waals surface area contributed by atoms with Crippen LogP contribution in [0.3, 0.4) is 0 Å². The third-order valence-electron chi connectivity index (χ3n) is 8.15. The Morgan fingerprint density at radius 2 is 1.67 bits per heavy atom. The van der Waals surface area contributed by atoms with Crippen molar-refractivity contribution >= 4 is 45.0 Å². The Hall–Kier alpha value is -3.67. The lowest BCUT2D eigenvalue weighted by Crippen LogP contribution is -2.53. The Kier molecular flexibility index (Phi) is 7.59. The van der Waals surface area contributed by atoms with Gasteiger partial charge in [0.2, 0.25) is 5.91 Å². The number of benzene rings is 2. The minimum atomic E-state index is -4.67. The van der Waals surface area contributed by atoms with Gasteiger partial charge in [-0.15, -0.1) is 0 Å². The van der Waals surface area contributed by atoms with E-state index in [1.165, 1.54) is 22.8 Å². The highest BCUT2D eigenvalue weighted by Gasteiger charge is 2.36. The number of amides is 1. The zero-order chi connectivity index (χ0) is 29.6. The van der Waals surface area contributed by atoms with Crippen molar-refractivity contribution < 1.29 is 18.0 Å². The first-order chi connectivity index (χ1) is 20.1. The van der Waals surface area contributed by atoms with Crippen molar-refractivity contribution in [1.29, 1.82) is 0 Å². The fraction of sp³-hybridized carbons (Fsp3) is 0.367. The zero-order valence-corrected chi connectivity index (χ0v) is 23.8. The molecule has 0 atom stereocenters. The molecule has 0 radical (unpaired) electrons. The number of carbonyl (C=O) groups is 1. The zero-order valence-electron chi connectivity index (χ0n) is 23.1. The topological polar surface area (TPSA) is 64.9 Å². The van der Waals surface area contributed by atoms with Gasteiger partial charge in [-0.3, -0.25) is 24.0 Å². The quantitative estimate of drug-likeness (QED) is 0.330. The number of hydrogen-bond donors (Lipinski definition) is 0. The van der Waals surface area contributed by atoms with E-state index in [4.69, 9.17) is 11.6 Å². The lowest BCUT2D eigenvalue weighted by molar-refractivity contribution is -0.137. The van der Waals surface area contributed by atoms with Crippen molar-refractivity contribution in [2.24, 2.45) is 0 Å². The first-order valence-corrected chi connectivity index (χ1v) is 14.2. The standard InChI is InChI=1S/C30H30ClF3N6O2/c1-36-8-10-37(11-9-36)19-28(42)39-14-12-38(13-15-39)26-6-4-22(17-24(26)30(32,33)34)40-27(41)7-2-20-18-35-25-5-3-21(31)16-23(25)29(20)40/h2-7,16-18H,8-15,19H2,1H3. The van der Waals surface area contributed by atoms with Crippen LogP contribution in [0.25, 0.3) is 27.5 Å². The fourth-order valence-electron chi connectivity index (χ4n) is 5.80. The van der Waals surface area contributed by atoms with E-state index in [2.05, 4.69) is 21.8 Å². The third kappa shape index (κ3) is 5.56. The van der Waals surface area contributed by atoms with Crippen LogP contribution in [0.5, 0.6) is 0 Å². The van der Waals surface area contributed by atoms with Crippen LogP contribution in [0.2, 0.25) is 5.02 Å². The highest BCUT2D eigenvalue weighted by molar-refractivity contribution is 6.31. The van der Waals surface area contributed by atoms with Crippen LogP contribution in [-0.2, 0) is 11.0 Å². The van der Waals surface area contributed by atoms with Crippen LogP contribution in [0, 0.1) is 0 Å². The highest BCUT2D eigenvalue weighted by atomic mass is 35.5. The first kappa shape index (κ1) is 28.4. The molecule has 220 valence electrons. The average Bonchev–Trinajstić information content (AvgIpc) is 2.97. The summed E-state index contributed by atoms with van der Waals surface area (Å²) in [5.74, 6) is 0.00254. The van der Waals surface area contributed by atoms with E-state index < -0.39 is 17.3 Å². The second-order valence-corrected chi connectivity index (χ2v) is 11.3. The van der Waals surface area contributed by atoms with Crippen molar-refractivity contribution in [2.45, 2.75) is 6.18 Å². The van der Waals surface area contributed by atoms with Crippen LogP contribution < -0.4 is 10.5 Å². The fourth-order valence-corrected chi connectivity index (χ4v) is 5.97. The van der Waals surface area contributed by atoms with Crippen LogP contribution in [0.4, 0.5) is 18.9 Å². The van der Waals surface area contributed by atoms with Gasteiger partial charge in [0.15, 0.2) is 0 Å². The number of alkyl halides is 3. The normalized spacial score (nSPS) is 17.4. The molecule has 12 heteroatoms. The van der Waals surface area contributed by atoms with Crippen LogP contribution >= 0.6 is 11.6 Å². The summed E-state index contributed by atoms with van der Waals surface area (Å²) in [5.41, 5.74) is -0.182. The van der Waals surface area contributed by atoms with E-state index >= 15 is 0 Å². The van der Waals surface area contributed by atoms with Gasteiger partial charge in [0, 0.05) is 86.1 Å². The molecular weight excluding hydrogens is 569 g/mol. The number of anilines is 1. The second-order valence-electron chi connectivity index (χ2n) is 10.9.